The lowest BCUT2D eigenvalue weighted by Gasteiger charge is -2.73. The normalized spacial score (nSPS) is 42.6. The molecule has 7 nitrogen and oxygen atoms in total. The molecule has 1 saturated heterocycles. The van der Waals surface area contributed by atoms with E-state index in [0.717, 1.165) is 63.5 Å². The first kappa shape index (κ1) is 40.0. The van der Waals surface area contributed by atoms with Gasteiger partial charge in [0.2, 0.25) is 5.91 Å². The quantitative estimate of drug-likeness (QED) is 0.132. The van der Waals surface area contributed by atoms with E-state index in [1.807, 2.05) is 13.8 Å². The largest absolute Gasteiger partial charge is 0.481 e. The number of carboxylic acid groups (broad SMARTS) is 1. The average Bonchev–Trinajstić information content (AvgIpc) is 3.63. The molecule has 52 heavy (non-hydrogen) atoms. The summed E-state index contributed by atoms with van der Waals surface area (Å²) in [5, 5.41) is 12.8. The summed E-state index contributed by atoms with van der Waals surface area (Å²) in [6.45, 7) is 27.0. The molecule has 0 aromatic heterocycles. The molecule has 0 aromatic carbocycles. The summed E-state index contributed by atoms with van der Waals surface area (Å²) in [5.74, 6) is 1.75. The zero-order valence-corrected chi connectivity index (χ0v) is 35.1. The highest BCUT2D eigenvalue weighted by Gasteiger charge is 2.71. The Bertz CT molecular complexity index is 1470. The first-order valence-corrected chi connectivity index (χ1v) is 21.2. The molecule has 292 valence electrons. The molecule has 8 heteroatoms. The first-order chi connectivity index (χ1) is 24.1. The van der Waals surface area contributed by atoms with Crippen LogP contribution in [0.4, 0.5) is 0 Å². The van der Waals surface area contributed by atoms with Crippen LogP contribution in [0.2, 0.25) is 0 Å². The molecule has 0 aromatic rings. The van der Waals surface area contributed by atoms with E-state index in [4.69, 9.17) is 4.74 Å². The van der Waals surface area contributed by atoms with Crippen molar-refractivity contribution in [1.82, 2.24) is 10.2 Å². The topological polar surface area (TPSA) is 95.9 Å². The van der Waals surface area contributed by atoms with Crippen molar-refractivity contribution in [2.45, 2.75) is 164 Å². The van der Waals surface area contributed by atoms with Gasteiger partial charge in [-0.25, -0.2) is 0 Å². The van der Waals surface area contributed by atoms with Crippen LogP contribution in [0.3, 0.4) is 0 Å². The average molecular weight is 739 g/mol. The molecule has 6 rings (SSSR count). The molecule has 0 bridgehead atoms. The van der Waals surface area contributed by atoms with Gasteiger partial charge in [-0.1, -0.05) is 60.6 Å². The Morgan fingerprint density at radius 2 is 1.60 bits per heavy atom. The Hall–Kier alpha value is -1.72. The fraction of sp³-hybridized carbons (Fsp3) is 0.864. The van der Waals surface area contributed by atoms with Crippen LogP contribution in [-0.4, -0.2) is 58.5 Å². The summed E-state index contributed by atoms with van der Waals surface area (Å²) in [6, 6.07) is 0.220. The van der Waals surface area contributed by atoms with Crippen molar-refractivity contribution < 1.29 is 24.2 Å². The number of hydrogen-bond acceptors (Lipinski definition) is 4. The number of likely N-dealkylation sites (tertiary alicyclic amines) is 1. The van der Waals surface area contributed by atoms with E-state index in [9.17, 15) is 19.5 Å². The molecule has 5 aliphatic carbocycles. The lowest BCUT2D eigenvalue weighted by molar-refractivity contribution is -0.250. The Kier molecular flexibility index (Phi) is 10.6. The highest BCUT2D eigenvalue weighted by Crippen LogP contribution is 2.78. The van der Waals surface area contributed by atoms with Crippen molar-refractivity contribution in [3.8, 4) is 0 Å². The maximum atomic E-state index is 13.9. The fourth-order valence-corrected chi connectivity index (χ4v) is 14.8. The molecule has 6 fully saturated rings. The highest BCUT2D eigenvalue weighted by molar-refractivity contribution is 7.20. The second kappa shape index (κ2) is 13.8. The molecular weight excluding hydrogens is 667 g/mol. The van der Waals surface area contributed by atoms with E-state index in [1.165, 1.54) is 31.3 Å². The Morgan fingerprint density at radius 1 is 0.885 bits per heavy atom. The van der Waals surface area contributed by atoms with Gasteiger partial charge >= 0.3 is 11.9 Å². The molecule has 2 N–H and O–H groups in total. The molecule has 0 radical (unpaired) electrons. The van der Waals surface area contributed by atoms with Crippen LogP contribution in [0.15, 0.2) is 12.2 Å². The molecule has 6 aliphatic rings. The zero-order valence-electron chi connectivity index (χ0n) is 34.1. The number of fused-ring (bicyclic) bond motifs is 7. The predicted octanol–water partition coefficient (Wildman–Crippen LogP) is 9.32. The second-order valence-electron chi connectivity index (χ2n) is 21.1. The van der Waals surface area contributed by atoms with E-state index in [-0.39, 0.29) is 63.9 Å². The third-order valence-electron chi connectivity index (χ3n) is 17.2. The van der Waals surface area contributed by atoms with E-state index in [0.29, 0.717) is 36.0 Å². The van der Waals surface area contributed by atoms with Crippen LogP contribution in [0.25, 0.3) is 0 Å². The van der Waals surface area contributed by atoms with Gasteiger partial charge in [-0.05, 0) is 141 Å². The van der Waals surface area contributed by atoms with Crippen molar-refractivity contribution in [1.29, 1.82) is 0 Å². The molecular formula is C44H71N2O5P. The van der Waals surface area contributed by atoms with E-state index in [1.54, 1.807) is 0 Å². The second-order valence-corrected chi connectivity index (χ2v) is 21.8. The Labute approximate surface area is 317 Å². The summed E-state index contributed by atoms with van der Waals surface area (Å²) < 4.78 is 6.29. The summed E-state index contributed by atoms with van der Waals surface area (Å²) in [4.78, 5) is 40.9. The number of hydrogen-bond donors (Lipinski definition) is 2. The maximum absolute atomic E-state index is 13.9. The molecule has 0 spiro atoms. The minimum atomic E-state index is -0.882. The number of allylic oxidation sites excluding steroid dienone is 1. The number of nitrogens with zero attached hydrogens (tertiary/aromatic N) is 1. The lowest BCUT2D eigenvalue weighted by atomic mass is 9.32. The molecule has 1 amide bonds. The van der Waals surface area contributed by atoms with Crippen molar-refractivity contribution in [2.24, 2.45) is 62.1 Å². The van der Waals surface area contributed by atoms with Crippen LogP contribution in [0.1, 0.15) is 152 Å². The number of rotatable bonds is 10. The number of aliphatic carboxylic acids is 1. The molecule has 11 atom stereocenters. The van der Waals surface area contributed by atoms with Crippen LogP contribution >= 0.6 is 8.86 Å². The number of esters is 1. The smallest absolute Gasteiger partial charge is 0.306 e. The number of ether oxygens (including phenoxy) is 1. The van der Waals surface area contributed by atoms with Crippen LogP contribution in [-0.2, 0) is 19.1 Å². The van der Waals surface area contributed by atoms with Crippen molar-refractivity contribution in [3.05, 3.63) is 12.2 Å². The molecule has 1 heterocycles. The predicted molar refractivity (Wildman–Crippen MR) is 211 cm³/mol. The summed E-state index contributed by atoms with van der Waals surface area (Å²) in [6.07, 6.45) is 12.9. The van der Waals surface area contributed by atoms with Crippen molar-refractivity contribution in [2.75, 3.05) is 13.1 Å². The van der Waals surface area contributed by atoms with Crippen LogP contribution in [0.5, 0.6) is 0 Å². The van der Waals surface area contributed by atoms with Crippen molar-refractivity contribution >= 4 is 32.1 Å². The fourth-order valence-electron chi connectivity index (χ4n) is 14.6. The number of nitrogens with one attached hydrogen (secondary N) is 1. The SMILES string of the molecule is C=C(C)C1CC[C@]2(CC(=O)N[C@@H]3CCN(C(C)=P)C3)CC[C@]3(C)[C@H](CCC4[C@@]5(C)CCC(OC(=O)CC(C)(C)CC(=O)O)C(C)(C)C5CC[C@]43C)C12. The van der Waals surface area contributed by atoms with Gasteiger partial charge in [0.1, 0.15) is 6.10 Å². The van der Waals surface area contributed by atoms with Gasteiger partial charge in [0, 0.05) is 36.4 Å². The van der Waals surface area contributed by atoms with Gasteiger partial charge in [0.25, 0.3) is 0 Å². The summed E-state index contributed by atoms with van der Waals surface area (Å²) in [7, 11) is 3.69. The lowest BCUT2D eigenvalue weighted by Crippen LogP contribution is -2.67. The zero-order chi connectivity index (χ0) is 38.2. The number of carbonyl (C=O) groups is 3. The third kappa shape index (κ3) is 6.66. The van der Waals surface area contributed by atoms with Gasteiger partial charge in [-0.15, -0.1) is 8.86 Å². The van der Waals surface area contributed by atoms with E-state index < -0.39 is 11.4 Å². The monoisotopic (exact) mass is 739 g/mol. The van der Waals surface area contributed by atoms with E-state index >= 15 is 0 Å². The Morgan fingerprint density at radius 3 is 2.23 bits per heavy atom. The van der Waals surface area contributed by atoms with Gasteiger partial charge < -0.3 is 15.2 Å². The molecule has 1 aliphatic heterocycles. The number of carbonyl (C=O) groups excluding carboxylic acids is 2. The van der Waals surface area contributed by atoms with Crippen LogP contribution in [0, 0.1) is 62.1 Å². The third-order valence-corrected chi connectivity index (χ3v) is 17.6. The van der Waals surface area contributed by atoms with Gasteiger partial charge in [-0.2, -0.15) is 0 Å². The number of amides is 1. The van der Waals surface area contributed by atoms with E-state index in [2.05, 4.69) is 74.1 Å². The summed E-state index contributed by atoms with van der Waals surface area (Å²) in [5.41, 5.74) is 2.28. The van der Waals surface area contributed by atoms with Gasteiger partial charge in [-0.3, -0.25) is 19.3 Å². The number of carboxylic acids is 1. The first-order valence-electron chi connectivity index (χ1n) is 20.7. The minimum absolute atomic E-state index is 0.0469. The van der Waals surface area contributed by atoms with Gasteiger partial charge in [0.05, 0.1) is 12.8 Å². The molecule has 5 unspecified atom stereocenters. The van der Waals surface area contributed by atoms with Crippen molar-refractivity contribution in [3.63, 3.8) is 0 Å². The highest BCUT2D eigenvalue weighted by atomic mass is 31.0. The minimum Gasteiger partial charge on any atom is -0.481 e. The van der Waals surface area contributed by atoms with Gasteiger partial charge in [0.15, 0.2) is 0 Å². The standard InChI is InChI=1S/C44H71N2O5P/c1-27(2)30-13-19-44(23-35(47)45-29-16-22-46(26-29)28(3)52)21-20-42(9)31(38(30)44)11-12-33-41(8)17-15-34(40(6,7)32(41)14-18-43(33,42)10)51-37(50)25-39(4,5)24-36(48)49/h29-34,38,52H,1,11-26H2,2-10H3,(H,45,47)(H,48,49)/t29-,30?,31-,32?,33?,34?,38?,41+,42-,43-,44-/m1/s1. The maximum Gasteiger partial charge on any atom is 0.306 e. The molecule has 5 saturated carbocycles. The van der Waals surface area contributed by atoms with Crippen LogP contribution < -0.4 is 5.32 Å². The Balaban J connectivity index is 1.21. The summed E-state index contributed by atoms with van der Waals surface area (Å²) >= 11 is 0.